The fraction of sp³-hybridized carbons (Fsp3) is 0.227. The molecule has 0 spiro atoms. The average Bonchev–Trinajstić information content (AvgIpc) is 2.94. The number of aromatic nitrogens is 2. The number of carbonyl (C=O) groups excluding carboxylic acids is 1. The van der Waals surface area contributed by atoms with Gasteiger partial charge in [-0.05, 0) is 43.5 Å². The fourth-order valence-electron chi connectivity index (χ4n) is 3.20. The van der Waals surface area contributed by atoms with Crippen molar-refractivity contribution in [3.8, 4) is 11.1 Å². The third-order valence-corrected chi connectivity index (χ3v) is 4.55. The van der Waals surface area contributed by atoms with Crippen molar-refractivity contribution in [1.82, 2.24) is 9.78 Å². The molecule has 1 heterocycles. The SMILES string of the molecule is Cc1cc(C)n(CC(=O)Nc2c(C)cccc2-c2ccc(CC(=O)O)cc2)n1. The monoisotopic (exact) mass is 377 g/mol. The lowest BCUT2D eigenvalue weighted by Gasteiger charge is -2.15. The van der Waals surface area contributed by atoms with Crippen LogP contribution in [0.5, 0.6) is 0 Å². The summed E-state index contributed by atoms with van der Waals surface area (Å²) in [6.45, 7) is 5.91. The van der Waals surface area contributed by atoms with Crippen molar-refractivity contribution in [2.45, 2.75) is 33.7 Å². The van der Waals surface area contributed by atoms with Crippen LogP contribution in [0.2, 0.25) is 0 Å². The molecule has 0 atom stereocenters. The number of carboxylic acids is 1. The van der Waals surface area contributed by atoms with Gasteiger partial charge < -0.3 is 10.4 Å². The number of para-hydroxylation sites is 1. The zero-order valence-corrected chi connectivity index (χ0v) is 16.2. The number of nitrogens with one attached hydrogen (secondary N) is 1. The highest BCUT2D eigenvalue weighted by atomic mass is 16.4. The number of carboxylic acid groups (broad SMARTS) is 1. The van der Waals surface area contributed by atoms with Gasteiger partial charge in [-0.3, -0.25) is 14.3 Å². The molecule has 0 saturated carbocycles. The fourth-order valence-corrected chi connectivity index (χ4v) is 3.20. The van der Waals surface area contributed by atoms with Crippen molar-refractivity contribution in [2.75, 3.05) is 5.32 Å². The van der Waals surface area contributed by atoms with E-state index < -0.39 is 5.97 Å². The average molecular weight is 377 g/mol. The maximum Gasteiger partial charge on any atom is 0.307 e. The molecular formula is C22H23N3O3. The Morgan fingerprint density at radius 3 is 2.39 bits per heavy atom. The van der Waals surface area contributed by atoms with Crippen LogP contribution >= 0.6 is 0 Å². The maximum absolute atomic E-state index is 12.6. The molecule has 0 aliphatic heterocycles. The molecule has 0 aliphatic rings. The Morgan fingerprint density at radius 1 is 1.07 bits per heavy atom. The van der Waals surface area contributed by atoms with E-state index >= 15 is 0 Å². The second-order valence-corrected chi connectivity index (χ2v) is 6.90. The maximum atomic E-state index is 12.6. The topological polar surface area (TPSA) is 84.2 Å². The number of anilines is 1. The minimum absolute atomic E-state index is 0.0136. The number of hydrogen-bond donors (Lipinski definition) is 2. The smallest absolute Gasteiger partial charge is 0.307 e. The van der Waals surface area contributed by atoms with Gasteiger partial charge in [0.1, 0.15) is 6.54 Å². The minimum Gasteiger partial charge on any atom is -0.481 e. The first-order chi connectivity index (χ1) is 13.3. The van der Waals surface area contributed by atoms with Crippen LogP contribution in [0, 0.1) is 20.8 Å². The van der Waals surface area contributed by atoms with Gasteiger partial charge in [-0.25, -0.2) is 0 Å². The van der Waals surface area contributed by atoms with Crippen LogP contribution in [0.15, 0.2) is 48.5 Å². The van der Waals surface area contributed by atoms with E-state index in [1.165, 1.54) is 0 Å². The van der Waals surface area contributed by atoms with Crippen molar-refractivity contribution in [3.63, 3.8) is 0 Å². The lowest BCUT2D eigenvalue weighted by Crippen LogP contribution is -2.21. The molecule has 144 valence electrons. The molecule has 0 unspecified atom stereocenters. The Bertz CT molecular complexity index is 1020. The van der Waals surface area contributed by atoms with Crippen molar-refractivity contribution in [2.24, 2.45) is 0 Å². The lowest BCUT2D eigenvalue weighted by molar-refractivity contribution is -0.136. The molecule has 6 heteroatoms. The number of benzene rings is 2. The summed E-state index contributed by atoms with van der Waals surface area (Å²) in [6.07, 6.45) is -0.0136. The zero-order chi connectivity index (χ0) is 20.3. The van der Waals surface area contributed by atoms with E-state index in [4.69, 9.17) is 5.11 Å². The molecule has 3 aromatic rings. The van der Waals surface area contributed by atoms with Gasteiger partial charge in [0, 0.05) is 11.3 Å². The number of amides is 1. The highest BCUT2D eigenvalue weighted by Crippen LogP contribution is 2.31. The Labute approximate surface area is 163 Å². The van der Waals surface area contributed by atoms with Gasteiger partial charge in [-0.1, -0.05) is 42.5 Å². The second-order valence-electron chi connectivity index (χ2n) is 6.90. The third kappa shape index (κ3) is 4.46. The van der Waals surface area contributed by atoms with E-state index in [0.717, 1.165) is 39.3 Å². The molecule has 0 aliphatic carbocycles. The van der Waals surface area contributed by atoms with Gasteiger partial charge in [0.2, 0.25) is 5.91 Å². The number of hydrogen-bond acceptors (Lipinski definition) is 3. The molecule has 0 fully saturated rings. The third-order valence-electron chi connectivity index (χ3n) is 4.55. The van der Waals surface area contributed by atoms with Crippen molar-refractivity contribution in [3.05, 3.63) is 71.0 Å². The highest BCUT2D eigenvalue weighted by Gasteiger charge is 2.13. The lowest BCUT2D eigenvalue weighted by atomic mass is 9.98. The van der Waals surface area contributed by atoms with E-state index in [0.29, 0.717) is 0 Å². The van der Waals surface area contributed by atoms with Gasteiger partial charge in [0.25, 0.3) is 0 Å². The van der Waals surface area contributed by atoms with Crippen LogP contribution < -0.4 is 5.32 Å². The summed E-state index contributed by atoms with van der Waals surface area (Å²) >= 11 is 0. The summed E-state index contributed by atoms with van der Waals surface area (Å²) in [5.41, 5.74) is 6.06. The number of rotatable bonds is 6. The number of aliphatic carboxylic acids is 1. The molecule has 0 radical (unpaired) electrons. The van der Waals surface area contributed by atoms with Crippen LogP contribution in [0.4, 0.5) is 5.69 Å². The predicted octanol–water partition coefficient (Wildman–Crippen LogP) is 3.74. The van der Waals surface area contributed by atoms with E-state index in [-0.39, 0.29) is 18.9 Å². The molecule has 0 saturated heterocycles. The molecule has 2 N–H and O–H groups in total. The summed E-state index contributed by atoms with van der Waals surface area (Å²) < 4.78 is 1.68. The first-order valence-electron chi connectivity index (χ1n) is 9.05. The van der Waals surface area contributed by atoms with Gasteiger partial charge in [0.05, 0.1) is 17.8 Å². The summed E-state index contributed by atoms with van der Waals surface area (Å²) in [4.78, 5) is 23.5. The second kappa shape index (κ2) is 8.08. The van der Waals surface area contributed by atoms with Crippen molar-refractivity contribution in [1.29, 1.82) is 0 Å². The Morgan fingerprint density at radius 2 is 1.79 bits per heavy atom. The summed E-state index contributed by atoms with van der Waals surface area (Å²) in [5.74, 6) is -1.01. The van der Waals surface area contributed by atoms with E-state index in [1.54, 1.807) is 16.8 Å². The standard InChI is InChI=1S/C22H23N3O3/c1-14-5-4-6-19(18-9-7-17(8-10-18)12-21(27)28)22(14)23-20(26)13-25-16(3)11-15(2)24-25/h4-11H,12-13H2,1-3H3,(H,23,26)(H,27,28). The van der Waals surface area contributed by atoms with Crippen molar-refractivity contribution >= 4 is 17.6 Å². The van der Waals surface area contributed by atoms with Crippen LogP contribution in [0.3, 0.4) is 0 Å². The first kappa shape index (κ1) is 19.4. The van der Waals surface area contributed by atoms with E-state index in [1.807, 2.05) is 57.2 Å². The van der Waals surface area contributed by atoms with Crippen molar-refractivity contribution < 1.29 is 14.7 Å². The molecule has 2 aromatic carbocycles. The quantitative estimate of drug-likeness (QED) is 0.685. The summed E-state index contributed by atoms with van der Waals surface area (Å²) in [7, 11) is 0. The molecule has 6 nitrogen and oxygen atoms in total. The molecule has 3 rings (SSSR count). The van der Waals surface area contributed by atoms with Gasteiger partial charge in [-0.15, -0.1) is 0 Å². The molecule has 28 heavy (non-hydrogen) atoms. The molecule has 0 bridgehead atoms. The highest BCUT2D eigenvalue weighted by molar-refractivity contribution is 5.96. The van der Waals surface area contributed by atoms with Gasteiger partial charge in [0.15, 0.2) is 0 Å². The Kier molecular flexibility index (Phi) is 5.59. The van der Waals surface area contributed by atoms with E-state index in [9.17, 15) is 9.59 Å². The van der Waals surface area contributed by atoms with Crippen LogP contribution in [0.1, 0.15) is 22.5 Å². The van der Waals surface area contributed by atoms with Crippen LogP contribution in [-0.4, -0.2) is 26.8 Å². The summed E-state index contributed by atoms with van der Waals surface area (Å²) in [6, 6.07) is 15.1. The first-order valence-corrected chi connectivity index (χ1v) is 9.05. The Hall–Kier alpha value is -3.41. The largest absolute Gasteiger partial charge is 0.481 e. The number of nitrogens with zero attached hydrogens (tertiary/aromatic N) is 2. The molecular weight excluding hydrogens is 354 g/mol. The van der Waals surface area contributed by atoms with Crippen LogP contribution in [-0.2, 0) is 22.6 Å². The predicted molar refractivity (Wildman–Crippen MR) is 108 cm³/mol. The minimum atomic E-state index is -0.861. The zero-order valence-electron chi connectivity index (χ0n) is 16.2. The summed E-state index contributed by atoms with van der Waals surface area (Å²) in [5, 5.41) is 16.3. The van der Waals surface area contributed by atoms with Crippen LogP contribution in [0.25, 0.3) is 11.1 Å². The van der Waals surface area contributed by atoms with Gasteiger partial charge >= 0.3 is 5.97 Å². The number of carbonyl (C=O) groups is 2. The van der Waals surface area contributed by atoms with Gasteiger partial charge in [-0.2, -0.15) is 5.10 Å². The Balaban J connectivity index is 1.84. The van der Waals surface area contributed by atoms with E-state index in [2.05, 4.69) is 10.4 Å². The molecule has 1 aromatic heterocycles. The molecule has 1 amide bonds. The number of aryl methyl sites for hydroxylation is 3. The normalized spacial score (nSPS) is 10.7.